The van der Waals surface area contributed by atoms with Crippen LogP contribution in [-0.2, 0) is 6.54 Å². The van der Waals surface area contributed by atoms with Crippen LogP contribution in [0.2, 0.25) is 0 Å². The predicted molar refractivity (Wildman–Crippen MR) is 65.5 cm³/mol. The molecule has 17 heavy (non-hydrogen) atoms. The Bertz CT molecular complexity index is 295. The summed E-state index contributed by atoms with van der Waals surface area (Å²) in [6, 6.07) is 0.634. The minimum Gasteiger partial charge on any atom is -0.338 e. The molecule has 1 aromatic rings. The Morgan fingerprint density at radius 1 is 1.59 bits per heavy atom. The van der Waals surface area contributed by atoms with Crippen molar-refractivity contribution in [2.24, 2.45) is 0 Å². The first-order chi connectivity index (χ1) is 8.38. The van der Waals surface area contributed by atoms with E-state index in [2.05, 4.69) is 27.3 Å². The second kappa shape index (κ2) is 6.71. The van der Waals surface area contributed by atoms with Gasteiger partial charge in [-0.15, -0.1) is 0 Å². The molecule has 1 aliphatic rings. The van der Waals surface area contributed by atoms with E-state index in [0.29, 0.717) is 6.04 Å². The summed E-state index contributed by atoms with van der Waals surface area (Å²) >= 11 is 0. The lowest BCUT2D eigenvalue weighted by atomic mass is 10.2. The van der Waals surface area contributed by atoms with Crippen LogP contribution in [0.5, 0.6) is 0 Å². The molecule has 0 saturated carbocycles. The van der Waals surface area contributed by atoms with Gasteiger partial charge < -0.3 is 9.84 Å². The van der Waals surface area contributed by atoms with E-state index in [1.54, 1.807) is 0 Å². The van der Waals surface area contributed by atoms with Crippen molar-refractivity contribution >= 4 is 0 Å². The Labute approximate surface area is 103 Å². The second-order valence-electron chi connectivity index (χ2n) is 4.72. The van der Waals surface area contributed by atoms with Crippen molar-refractivity contribution in [3.8, 4) is 0 Å². The van der Waals surface area contributed by atoms with E-state index >= 15 is 0 Å². The molecule has 0 bridgehead atoms. The smallest absolute Gasteiger partial charge is 0.240 e. The van der Waals surface area contributed by atoms with Crippen LogP contribution in [0.3, 0.4) is 0 Å². The van der Waals surface area contributed by atoms with Gasteiger partial charge in [-0.1, -0.05) is 18.5 Å². The summed E-state index contributed by atoms with van der Waals surface area (Å²) < 4.78 is 5.09. The van der Waals surface area contributed by atoms with Gasteiger partial charge >= 0.3 is 0 Å². The van der Waals surface area contributed by atoms with Gasteiger partial charge in [0.1, 0.15) is 0 Å². The van der Waals surface area contributed by atoms with E-state index < -0.39 is 0 Å². The fourth-order valence-electron chi connectivity index (χ4n) is 2.30. The van der Waals surface area contributed by atoms with Crippen LogP contribution in [0.1, 0.15) is 38.5 Å². The molecule has 1 N–H and O–H groups in total. The molecular weight excluding hydrogens is 216 g/mol. The van der Waals surface area contributed by atoms with E-state index in [1.165, 1.54) is 32.0 Å². The largest absolute Gasteiger partial charge is 0.338 e. The summed E-state index contributed by atoms with van der Waals surface area (Å²) in [6.07, 6.45) is 6.50. The highest BCUT2D eigenvalue weighted by atomic mass is 16.5. The van der Waals surface area contributed by atoms with E-state index in [1.807, 2.05) is 0 Å². The fourth-order valence-corrected chi connectivity index (χ4v) is 2.30. The highest BCUT2D eigenvalue weighted by molar-refractivity contribution is 4.81. The zero-order chi connectivity index (χ0) is 11.9. The number of aromatic nitrogens is 2. The number of nitrogens with zero attached hydrogens (tertiary/aromatic N) is 3. The van der Waals surface area contributed by atoms with Crippen LogP contribution >= 0.6 is 0 Å². The third kappa shape index (κ3) is 4.09. The molecule has 0 aromatic carbocycles. The van der Waals surface area contributed by atoms with Crippen molar-refractivity contribution in [1.29, 1.82) is 0 Å². The molecule has 1 aliphatic heterocycles. The highest BCUT2D eigenvalue weighted by Crippen LogP contribution is 2.10. The molecule has 5 nitrogen and oxygen atoms in total. The molecule has 2 rings (SSSR count). The van der Waals surface area contributed by atoms with Crippen LogP contribution in [0.25, 0.3) is 0 Å². The Kier molecular flexibility index (Phi) is 4.94. The zero-order valence-corrected chi connectivity index (χ0v) is 10.6. The van der Waals surface area contributed by atoms with Gasteiger partial charge in [-0.25, -0.2) is 0 Å². The molecule has 2 heterocycles. The molecule has 1 saturated heterocycles. The van der Waals surface area contributed by atoms with Crippen LogP contribution in [-0.4, -0.2) is 40.7 Å². The number of rotatable bonds is 7. The summed E-state index contributed by atoms with van der Waals surface area (Å²) in [6.45, 7) is 6.35. The number of hydrogen-bond donors (Lipinski definition) is 1. The Hall–Kier alpha value is -0.940. The topological polar surface area (TPSA) is 54.2 Å². The number of hydrogen-bond acceptors (Lipinski definition) is 5. The van der Waals surface area contributed by atoms with Gasteiger partial charge in [0, 0.05) is 12.6 Å². The second-order valence-corrected chi connectivity index (χ2v) is 4.72. The zero-order valence-electron chi connectivity index (χ0n) is 10.6. The third-order valence-corrected chi connectivity index (χ3v) is 3.23. The van der Waals surface area contributed by atoms with Crippen molar-refractivity contribution in [2.75, 3.05) is 19.6 Å². The van der Waals surface area contributed by atoms with Crippen molar-refractivity contribution in [2.45, 2.75) is 45.2 Å². The normalized spacial score (nSPS) is 20.2. The molecule has 1 unspecified atom stereocenters. The average Bonchev–Trinajstić information content (AvgIpc) is 2.99. The summed E-state index contributed by atoms with van der Waals surface area (Å²) in [4.78, 5) is 6.52. The third-order valence-electron chi connectivity index (χ3n) is 3.23. The predicted octanol–water partition coefficient (Wildman–Crippen LogP) is 1.42. The van der Waals surface area contributed by atoms with Crippen molar-refractivity contribution < 1.29 is 4.52 Å². The lowest BCUT2D eigenvalue weighted by molar-refractivity contribution is 0.207. The quantitative estimate of drug-likeness (QED) is 0.778. The summed E-state index contributed by atoms with van der Waals surface area (Å²) in [7, 11) is 0. The highest BCUT2D eigenvalue weighted by Gasteiger charge is 2.18. The van der Waals surface area contributed by atoms with Crippen LogP contribution < -0.4 is 5.32 Å². The van der Waals surface area contributed by atoms with Gasteiger partial charge in [0.25, 0.3) is 0 Å². The first-order valence-electron chi connectivity index (χ1n) is 6.59. The lowest BCUT2D eigenvalue weighted by Gasteiger charge is -2.23. The molecule has 0 amide bonds. The molecule has 0 radical (unpaired) electrons. The van der Waals surface area contributed by atoms with E-state index in [0.717, 1.165) is 32.1 Å². The molecule has 0 spiro atoms. The monoisotopic (exact) mass is 238 g/mol. The first kappa shape index (κ1) is 12.5. The maximum absolute atomic E-state index is 5.09. The molecule has 0 aliphatic carbocycles. The summed E-state index contributed by atoms with van der Waals surface area (Å²) in [5.41, 5.74) is 0. The van der Waals surface area contributed by atoms with Gasteiger partial charge in [0.2, 0.25) is 5.89 Å². The fraction of sp³-hybridized carbons (Fsp3) is 0.833. The lowest BCUT2D eigenvalue weighted by Crippen LogP contribution is -2.37. The van der Waals surface area contributed by atoms with Crippen molar-refractivity contribution in [1.82, 2.24) is 20.4 Å². The molecule has 1 atom stereocenters. The molecule has 96 valence electrons. The SMILES string of the molecule is CCCCN(Cc1ncno1)CC1CCCN1. The maximum atomic E-state index is 5.09. The standard InChI is InChI=1S/C12H22N4O/c1-2-3-7-16(8-11-5-4-6-13-11)9-12-14-10-15-17-12/h10-11,13H,2-9H2,1H3. The Balaban J connectivity index is 1.83. The molecule has 5 heteroatoms. The van der Waals surface area contributed by atoms with Gasteiger partial charge in [-0.3, -0.25) is 4.90 Å². The minimum absolute atomic E-state index is 0.634. The first-order valence-corrected chi connectivity index (χ1v) is 6.59. The van der Waals surface area contributed by atoms with Gasteiger partial charge in [0.05, 0.1) is 6.54 Å². The van der Waals surface area contributed by atoms with Gasteiger partial charge in [-0.05, 0) is 32.4 Å². The minimum atomic E-state index is 0.634. The average molecular weight is 238 g/mol. The van der Waals surface area contributed by atoms with Crippen molar-refractivity contribution in [3.05, 3.63) is 12.2 Å². The summed E-state index contributed by atoms with van der Waals surface area (Å²) in [5, 5.41) is 7.19. The molecular formula is C12H22N4O. The Morgan fingerprint density at radius 3 is 3.18 bits per heavy atom. The van der Waals surface area contributed by atoms with Crippen LogP contribution in [0, 0.1) is 0 Å². The van der Waals surface area contributed by atoms with Crippen LogP contribution in [0.15, 0.2) is 10.9 Å². The number of unbranched alkanes of at least 4 members (excludes halogenated alkanes) is 1. The van der Waals surface area contributed by atoms with E-state index in [-0.39, 0.29) is 0 Å². The number of nitrogens with one attached hydrogen (secondary N) is 1. The van der Waals surface area contributed by atoms with Crippen molar-refractivity contribution in [3.63, 3.8) is 0 Å². The van der Waals surface area contributed by atoms with Gasteiger partial charge in [-0.2, -0.15) is 4.98 Å². The van der Waals surface area contributed by atoms with Gasteiger partial charge in [0.15, 0.2) is 6.33 Å². The van der Waals surface area contributed by atoms with Crippen LogP contribution in [0.4, 0.5) is 0 Å². The molecule has 1 aromatic heterocycles. The Morgan fingerprint density at radius 2 is 2.53 bits per heavy atom. The van der Waals surface area contributed by atoms with E-state index in [4.69, 9.17) is 4.52 Å². The molecule has 1 fully saturated rings. The van der Waals surface area contributed by atoms with E-state index in [9.17, 15) is 0 Å². The summed E-state index contributed by atoms with van der Waals surface area (Å²) in [5.74, 6) is 0.721. The maximum Gasteiger partial charge on any atom is 0.240 e.